The molecule has 3 aromatic rings. The van der Waals surface area contributed by atoms with E-state index < -0.39 is 0 Å². The lowest BCUT2D eigenvalue weighted by atomic mass is 9.97. The molecule has 1 unspecified atom stereocenters. The summed E-state index contributed by atoms with van der Waals surface area (Å²) in [5.41, 5.74) is 1.29. The highest BCUT2D eigenvalue weighted by molar-refractivity contribution is 6.30. The normalized spacial score (nSPS) is 16.6. The summed E-state index contributed by atoms with van der Waals surface area (Å²) in [6, 6.07) is 16.3. The molecule has 2 heterocycles. The Morgan fingerprint density at radius 2 is 1.86 bits per heavy atom. The minimum Gasteiger partial charge on any atom is -0.324 e. The van der Waals surface area contributed by atoms with E-state index in [2.05, 4.69) is 10.4 Å². The SMILES string of the molecule is Cn1nc(C2CCCN(C(=O)Nc3ccc(Cl)cc3)C2)n(-c2ccccc2)c1=O. The molecule has 1 saturated heterocycles. The fourth-order valence-electron chi connectivity index (χ4n) is 3.68. The molecule has 1 N–H and O–H groups in total. The van der Waals surface area contributed by atoms with Crippen LogP contribution in [0.4, 0.5) is 10.5 Å². The van der Waals surface area contributed by atoms with Gasteiger partial charge in [-0.15, -0.1) is 0 Å². The molecule has 0 spiro atoms. The molecule has 7 nitrogen and oxygen atoms in total. The first kappa shape index (κ1) is 19.3. The second-order valence-corrected chi connectivity index (χ2v) is 7.59. The van der Waals surface area contributed by atoms with E-state index >= 15 is 0 Å². The predicted molar refractivity (Wildman–Crippen MR) is 113 cm³/mol. The summed E-state index contributed by atoms with van der Waals surface area (Å²) in [7, 11) is 1.65. The number of halogens is 1. The van der Waals surface area contributed by atoms with Crippen LogP contribution in [0.25, 0.3) is 5.69 Å². The number of para-hydroxylation sites is 1. The van der Waals surface area contributed by atoms with E-state index in [1.165, 1.54) is 4.68 Å². The van der Waals surface area contributed by atoms with Gasteiger partial charge < -0.3 is 10.2 Å². The van der Waals surface area contributed by atoms with Crippen LogP contribution in [0.2, 0.25) is 5.02 Å². The molecule has 0 bridgehead atoms. The average Bonchev–Trinajstić information content (AvgIpc) is 3.05. The van der Waals surface area contributed by atoms with Gasteiger partial charge in [0.2, 0.25) is 0 Å². The van der Waals surface area contributed by atoms with Crippen LogP contribution >= 0.6 is 11.6 Å². The lowest BCUT2D eigenvalue weighted by Crippen LogP contribution is -2.42. The summed E-state index contributed by atoms with van der Waals surface area (Å²) < 4.78 is 3.00. The molecule has 1 aromatic heterocycles. The smallest absolute Gasteiger partial charge is 0.324 e. The molecule has 150 valence electrons. The second kappa shape index (κ2) is 8.13. The highest BCUT2D eigenvalue weighted by atomic mass is 35.5. The van der Waals surface area contributed by atoms with Crippen LogP contribution in [-0.2, 0) is 7.05 Å². The van der Waals surface area contributed by atoms with Gasteiger partial charge in [-0.3, -0.25) is 0 Å². The number of amides is 2. The van der Waals surface area contributed by atoms with E-state index in [0.717, 1.165) is 18.5 Å². The number of anilines is 1. The van der Waals surface area contributed by atoms with Gasteiger partial charge in [0.1, 0.15) is 5.82 Å². The minimum absolute atomic E-state index is 0.0196. The largest absolute Gasteiger partial charge is 0.350 e. The number of benzene rings is 2. The molecule has 4 rings (SSSR count). The monoisotopic (exact) mass is 411 g/mol. The first-order valence-corrected chi connectivity index (χ1v) is 9.93. The van der Waals surface area contributed by atoms with E-state index in [0.29, 0.717) is 29.6 Å². The number of nitrogens with one attached hydrogen (secondary N) is 1. The zero-order valence-electron chi connectivity index (χ0n) is 16.1. The first-order valence-electron chi connectivity index (χ1n) is 9.56. The van der Waals surface area contributed by atoms with Crippen molar-refractivity contribution in [2.75, 3.05) is 18.4 Å². The van der Waals surface area contributed by atoms with E-state index in [9.17, 15) is 9.59 Å². The summed E-state index contributed by atoms with van der Waals surface area (Å²) in [5, 5.41) is 8.02. The number of piperidine rings is 1. The van der Waals surface area contributed by atoms with Crippen molar-refractivity contribution in [2.24, 2.45) is 7.05 Å². The molecule has 8 heteroatoms. The van der Waals surface area contributed by atoms with Crippen LogP contribution in [0.15, 0.2) is 59.4 Å². The number of rotatable bonds is 3. The zero-order chi connectivity index (χ0) is 20.4. The Morgan fingerprint density at radius 3 is 2.59 bits per heavy atom. The van der Waals surface area contributed by atoms with E-state index in [-0.39, 0.29) is 17.6 Å². The number of hydrogen-bond donors (Lipinski definition) is 1. The zero-order valence-corrected chi connectivity index (χ0v) is 16.8. The number of aromatic nitrogens is 3. The maximum Gasteiger partial charge on any atom is 0.350 e. The Hall–Kier alpha value is -3.06. The highest BCUT2D eigenvalue weighted by Gasteiger charge is 2.29. The van der Waals surface area contributed by atoms with Gasteiger partial charge in [-0.05, 0) is 49.2 Å². The minimum atomic E-state index is -0.186. The van der Waals surface area contributed by atoms with E-state index in [4.69, 9.17) is 11.6 Å². The Morgan fingerprint density at radius 1 is 1.14 bits per heavy atom. The molecule has 2 aromatic carbocycles. The van der Waals surface area contributed by atoms with Gasteiger partial charge in [-0.25, -0.2) is 18.8 Å². The van der Waals surface area contributed by atoms with E-state index in [1.54, 1.807) is 40.8 Å². The molecule has 0 aliphatic carbocycles. The molecule has 0 saturated carbocycles. The molecule has 2 amide bonds. The number of aryl methyl sites for hydroxylation is 1. The number of carbonyl (C=O) groups excluding carboxylic acids is 1. The van der Waals surface area contributed by atoms with Crippen LogP contribution in [0.3, 0.4) is 0 Å². The first-order chi connectivity index (χ1) is 14.0. The fraction of sp³-hybridized carbons (Fsp3) is 0.286. The van der Waals surface area contributed by atoms with Crippen molar-refractivity contribution in [2.45, 2.75) is 18.8 Å². The molecule has 1 aliphatic rings. The van der Waals surface area contributed by atoms with Gasteiger partial charge in [0.15, 0.2) is 0 Å². The quantitative estimate of drug-likeness (QED) is 0.715. The third kappa shape index (κ3) is 4.05. The third-order valence-corrected chi connectivity index (χ3v) is 5.39. The van der Waals surface area contributed by atoms with Crippen molar-refractivity contribution in [3.8, 4) is 5.69 Å². The molecule has 1 atom stereocenters. The molecule has 29 heavy (non-hydrogen) atoms. The van der Waals surface area contributed by atoms with Crippen LogP contribution in [0, 0.1) is 0 Å². The Bertz CT molecular complexity index is 1060. The molecule has 1 fully saturated rings. The third-order valence-electron chi connectivity index (χ3n) is 5.13. The summed E-state index contributed by atoms with van der Waals surface area (Å²) in [6.45, 7) is 1.17. The maximum atomic E-state index is 12.7. The number of likely N-dealkylation sites (tertiary alicyclic amines) is 1. The molecular formula is C21H22ClN5O2. The van der Waals surface area contributed by atoms with Gasteiger partial charge in [-0.1, -0.05) is 29.8 Å². The van der Waals surface area contributed by atoms with Crippen LogP contribution in [0.5, 0.6) is 0 Å². The van der Waals surface area contributed by atoms with Crippen molar-refractivity contribution in [1.29, 1.82) is 0 Å². The summed E-state index contributed by atoms with van der Waals surface area (Å²) in [5.74, 6) is 0.668. The highest BCUT2D eigenvalue weighted by Crippen LogP contribution is 2.27. The number of carbonyl (C=O) groups is 1. The van der Waals surface area contributed by atoms with Crippen molar-refractivity contribution in [1.82, 2.24) is 19.2 Å². The van der Waals surface area contributed by atoms with Gasteiger partial charge >= 0.3 is 11.7 Å². The Labute approximate surface area is 173 Å². The maximum absolute atomic E-state index is 12.7. The summed E-state index contributed by atoms with van der Waals surface area (Å²) in [6.07, 6.45) is 1.71. The van der Waals surface area contributed by atoms with Crippen LogP contribution in [-0.4, -0.2) is 38.4 Å². The van der Waals surface area contributed by atoms with Crippen molar-refractivity contribution >= 4 is 23.3 Å². The topological polar surface area (TPSA) is 72.2 Å². The van der Waals surface area contributed by atoms with Crippen molar-refractivity contribution in [3.05, 3.63) is 75.9 Å². The van der Waals surface area contributed by atoms with Crippen LogP contribution in [0.1, 0.15) is 24.6 Å². The molecule has 0 radical (unpaired) electrons. The number of urea groups is 1. The van der Waals surface area contributed by atoms with Gasteiger partial charge in [-0.2, -0.15) is 5.10 Å². The number of hydrogen-bond acceptors (Lipinski definition) is 3. The van der Waals surface area contributed by atoms with Crippen molar-refractivity contribution < 1.29 is 4.79 Å². The Kier molecular flexibility index (Phi) is 5.40. The standard InChI is InChI=1S/C21H22ClN5O2/c1-25-21(29)27(18-7-3-2-4-8-18)19(24-25)15-6-5-13-26(14-15)20(28)23-17-11-9-16(22)10-12-17/h2-4,7-12,15H,5-6,13-14H2,1H3,(H,23,28). The second-order valence-electron chi connectivity index (χ2n) is 7.16. The van der Waals surface area contributed by atoms with Crippen molar-refractivity contribution in [3.63, 3.8) is 0 Å². The number of nitrogens with zero attached hydrogens (tertiary/aromatic N) is 4. The van der Waals surface area contributed by atoms with E-state index in [1.807, 2.05) is 30.3 Å². The average molecular weight is 412 g/mol. The summed E-state index contributed by atoms with van der Waals surface area (Å²) >= 11 is 5.90. The Balaban J connectivity index is 1.56. The van der Waals surface area contributed by atoms with Gasteiger partial charge in [0.25, 0.3) is 0 Å². The predicted octanol–water partition coefficient (Wildman–Crippen LogP) is 3.64. The lowest BCUT2D eigenvalue weighted by molar-refractivity contribution is 0.191. The molecular weight excluding hydrogens is 390 g/mol. The van der Waals surface area contributed by atoms with Gasteiger partial charge in [0.05, 0.1) is 5.69 Å². The van der Waals surface area contributed by atoms with Gasteiger partial charge in [0, 0.05) is 36.8 Å². The van der Waals surface area contributed by atoms with Crippen LogP contribution < -0.4 is 11.0 Å². The summed E-state index contributed by atoms with van der Waals surface area (Å²) in [4.78, 5) is 27.2. The molecule has 1 aliphatic heterocycles. The fourth-order valence-corrected chi connectivity index (χ4v) is 3.80. The lowest BCUT2D eigenvalue weighted by Gasteiger charge is -2.32.